The van der Waals surface area contributed by atoms with Crippen molar-refractivity contribution in [3.8, 4) is 11.5 Å². The lowest BCUT2D eigenvalue weighted by atomic mass is 10.1. The van der Waals surface area contributed by atoms with Crippen LogP contribution in [0.25, 0.3) is 11.2 Å². The van der Waals surface area contributed by atoms with Gasteiger partial charge in [0, 0.05) is 19.5 Å². The molecule has 13 nitrogen and oxygen atoms in total. The summed E-state index contributed by atoms with van der Waals surface area (Å²) in [4.78, 5) is 43.8. The molecule has 4 N–H and O–H groups in total. The van der Waals surface area contributed by atoms with Gasteiger partial charge in [-0.1, -0.05) is 19.4 Å². The van der Waals surface area contributed by atoms with Gasteiger partial charge in [-0.05, 0) is 35.8 Å². The summed E-state index contributed by atoms with van der Waals surface area (Å²) in [5, 5.41) is 31.2. The van der Waals surface area contributed by atoms with Crippen LogP contribution < -0.4 is 16.9 Å². The smallest absolute Gasteiger partial charge is 0.332 e. The number of aryl methyl sites for hydroxylation is 2. The van der Waals surface area contributed by atoms with Crippen LogP contribution in [0, 0.1) is 0 Å². The van der Waals surface area contributed by atoms with Crippen molar-refractivity contribution in [2.45, 2.75) is 52.2 Å². The number of H-pyrrole nitrogens is 2. The number of aromatic amines is 2. The molecule has 0 aliphatic heterocycles. The highest BCUT2D eigenvalue weighted by Crippen LogP contribution is 2.25. The highest BCUT2D eigenvalue weighted by Gasteiger charge is 2.16. The third-order valence-corrected chi connectivity index (χ3v) is 5.27. The Morgan fingerprint density at radius 2 is 1.76 bits per heavy atom. The van der Waals surface area contributed by atoms with Gasteiger partial charge in [-0.15, -0.1) is 10.2 Å². The molecule has 0 aliphatic carbocycles. The first-order chi connectivity index (χ1) is 15.9. The summed E-state index contributed by atoms with van der Waals surface area (Å²) in [5.41, 5.74) is -0.573. The van der Waals surface area contributed by atoms with E-state index in [1.165, 1.54) is 21.5 Å². The Hall–Kier alpha value is -4.16. The fourth-order valence-corrected chi connectivity index (χ4v) is 3.59. The zero-order chi connectivity index (χ0) is 23.5. The van der Waals surface area contributed by atoms with E-state index < -0.39 is 16.9 Å². The van der Waals surface area contributed by atoms with Crippen LogP contribution in [0.3, 0.4) is 0 Å². The Balaban J connectivity index is 1.48. The van der Waals surface area contributed by atoms with Crippen molar-refractivity contribution in [3.05, 3.63) is 60.9 Å². The minimum atomic E-state index is -0.555. The molecule has 1 aromatic carbocycles. The second kappa shape index (κ2) is 9.14. The molecular formula is C20H24N8O5. The molecule has 33 heavy (non-hydrogen) atoms. The third-order valence-electron chi connectivity index (χ3n) is 5.27. The van der Waals surface area contributed by atoms with Crippen molar-refractivity contribution < 1.29 is 10.2 Å². The van der Waals surface area contributed by atoms with Crippen LogP contribution in [0.5, 0.6) is 11.5 Å². The van der Waals surface area contributed by atoms with Gasteiger partial charge in [0.25, 0.3) is 5.56 Å². The number of phenols is 2. The van der Waals surface area contributed by atoms with E-state index in [0.29, 0.717) is 37.3 Å². The van der Waals surface area contributed by atoms with Gasteiger partial charge in [0.1, 0.15) is 5.65 Å². The fraction of sp³-hybridized carbons (Fsp3) is 0.400. The maximum Gasteiger partial charge on any atom is 0.332 e. The van der Waals surface area contributed by atoms with E-state index in [-0.39, 0.29) is 29.2 Å². The zero-order valence-electron chi connectivity index (χ0n) is 18.0. The molecule has 0 amide bonds. The molecule has 3 aromatic heterocycles. The first kappa shape index (κ1) is 22.0. The Kier molecular flexibility index (Phi) is 6.11. The van der Waals surface area contributed by atoms with E-state index in [1.807, 2.05) is 6.92 Å². The monoisotopic (exact) mass is 456 g/mol. The van der Waals surface area contributed by atoms with E-state index in [0.717, 1.165) is 17.4 Å². The summed E-state index contributed by atoms with van der Waals surface area (Å²) >= 11 is 0. The number of unbranched alkanes of at least 4 members (excludes halogenated alkanes) is 1. The lowest BCUT2D eigenvalue weighted by Crippen LogP contribution is -2.40. The number of rotatable bonds is 9. The van der Waals surface area contributed by atoms with Crippen LogP contribution >= 0.6 is 0 Å². The fourth-order valence-electron chi connectivity index (χ4n) is 3.59. The minimum absolute atomic E-state index is 0.0778. The van der Waals surface area contributed by atoms with Gasteiger partial charge in [-0.2, -0.15) is 4.80 Å². The van der Waals surface area contributed by atoms with Gasteiger partial charge in [0.2, 0.25) is 0 Å². The summed E-state index contributed by atoms with van der Waals surface area (Å²) in [7, 11) is 0. The number of phenolic OH excluding ortho intramolecular Hbond substituents is 2. The molecule has 0 spiro atoms. The summed E-state index contributed by atoms with van der Waals surface area (Å²) in [6.07, 6.45) is 2.28. The molecule has 3 heterocycles. The van der Waals surface area contributed by atoms with Crippen molar-refractivity contribution in [2.24, 2.45) is 0 Å². The van der Waals surface area contributed by atoms with Crippen molar-refractivity contribution in [1.82, 2.24) is 39.3 Å². The molecule has 0 aliphatic rings. The first-order valence-electron chi connectivity index (χ1n) is 10.6. The van der Waals surface area contributed by atoms with Gasteiger partial charge >= 0.3 is 11.4 Å². The van der Waals surface area contributed by atoms with Crippen LogP contribution in [-0.4, -0.2) is 49.5 Å². The van der Waals surface area contributed by atoms with Crippen LogP contribution in [0.15, 0.2) is 32.6 Å². The number of hydrogen-bond acceptors (Lipinski definition) is 8. The van der Waals surface area contributed by atoms with E-state index >= 15 is 0 Å². The summed E-state index contributed by atoms with van der Waals surface area (Å²) in [5.74, 6) is -0.0116. The van der Waals surface area contributed by atoms with Crippen LogP contribution in [0.2, 0.25) is 0 Å². The maximum atomic E-state index is 12.9. The molecule has 4 rings (SSSR count). The molecular weight excluding hydrogens is 432 g/mol. The SMILES string of the molecule is CCCCn1c(=O)n(CCCn2nnc(Cc3ccc(O)c(O)c3)n2)c(=O)c2[nH]c(=O)[nH]c21. The number of nitrogens with one attached hydrogen (secondary N) is 2. The summed E-state index contributed by atoms with van der Waals surface area (Å²) in [6.45, 7) is 2.81. The van der Waals surface area contributed by atoms with Crippen LogP contribution in [-0.2, 0) is 26.1 Å². The van der Waals surface area contributed by atoms with E-state index in [1.54, 1.807) is 6.07 Å². The van der Waals surface area contributed by atoms with Crippen molar-refractivity contribution in [3.63, 3.8) is 0 Å². The lowest BCUT2D eigenvalue weighted by molar-refractivity contribution is 0.403. The number of benzene rings is 1. The number of imidazole rings is 1. The Morgan fingerprint density at radius 1 is 0.970 bits per heavy atom. The largest absolute Gasteiger partial charge is 0.504 e. The topological polar surface area (TPSA) is 177 Å². The number of aromatic hydroxyl groups is 2. The average Bonchev–Trinajstić information content (AvgIpc) is 3.39. The molecule has 0 unspecified atom stereocenters. The molecule has 0 fully saturated rings. The van der Waals surface area contributed by atoms with Crippen molar-refractivity contribution in [1.29, 1.82) is 0 Å². The van der Waals surface area contributed by atoms with E-state index in [2.05, 4.69) is 25.4 Å². The second-order valence-corrected chi connectivity index (χ2v) is 7.70. The van der Waals surface area contributed by atoms with Gasteiger partial charge < -0.3 is 10.2 Å². The number of aromatic nitrogens is 8. The van der Waals surface area contributed by atoms with E-state index in [9.17, 15) is 24.6 Å². The predicted octanol–water partition coefficient (Wildman–Crippen LogP) is 0.0585. The molecule has 4 aromatic rings. The zero-order valence-corrected chi connectivity index (χ0v) is 18.0. The molecule has 0 atom stereocenters. The number of nitrogens with zero attached hydrogens (tertiary/aromatic N) is 6. The Bertz CT molecular complexity index is 1460. The quantitative estimate of drug-likeness (QED) is 0.255. The summed E-state index contributed by atoms with van der Waals surface area (Å²) in [6, 6.07) is 4.45. The molecule has 0 bridgehead atoms. The summed E-state index contributed by atoms with van der Waals surface area (Å²) < 4.78 is 2.52. The maximum absolute atomic E-state index is 12.9. The predicted molar refractivity (Wildman–Crippen MR) is 117 cm³/mol. The average molecular weight is 456 g/mol. The minimum Gasteiger partial charge on any atom is -0.504 e. The van der Waals surface area contributed by atoms with Gasteiger partial charge in [0.05, 0.1) is 6.54 Å². The molecule has 0 radical (unpaired) electrons. The molecule has 174 valence electrons. The number of fused-ring (bicyclic) bond motifs is 1. The lowest BCUT2D eigenvalue weighted by Gasteiger charge is -2.11. The molecule has 0 saturated carbocycles. The Labute approximate surface area is 185 Å². The molecule has 13 heteroatoms. The van der Waals surface area contributed by atoms with Crippen molar-refractivity contribution >= 4 is 11.2 Å². The molecule has 0 saturated heterocycles. The second-order valence-electron chi connectivity index (χ2n) is 7.70. The highest BCUT2D eigenvalue weighted by molar-refractivity contribution is 5.68. The number of hydrogen-bond donors (Lipinski definition) is 4. The normalized spacial score (nSPS) is 11.4. The number of tetrazole rings is 1. The highest BCUT2D eigenvalue weighted by atomic mass is 16.3. The Morgan fingerprint density at radius 3 is 2.52 bits per heavy atom. The van der Waals surface area contributed by atoms with Crippen molar-refractivity contribution in [2.75, 3.05) is 0 Å². The third kappa shape index (κ3) is 4.56. The van der Waals surface area contributed by atoms with E-state index in [4.69, 9.17) is 0 Å². The first-order valence-corrected chi connectivity index (χ1v) is 10.6. The van der Waals surface area contributed by atoms with Gasteiger partial charge in [-0.3, -0.25) is 23.9 Å². The standard InChI is InChI=1S/C20H24N8O5/c1-2-3-7-26-17-16(21-19(32)22-17)18(31)27(20(26)33)8-4-9-28-24-15(23-25-28)11-12-5-6-13(29)14(30)10-12/h5-6,10,29-30H,2-4,7-9,11H2,1H3,(H2,21,22,32). The van der Waals surface area contributed by atoms with Crippen LogP contribution in [0.4, 0.5) is 0 Å². The van der Waals surface area contributed by atoms with Crippen LogP contribution in [0.1, 0.15) is 37.6 Å². The van der Waals surface area contributed by atoms with Gasteiger partial charge in [0.15, 0.2) is 22.8 Å². The van der Waals surface area contributed by atoms with Gasteiger partial charge in [-0.25, -0.2) is 9.59 Å².